The number of benzene rings is 2. The van der Waals surface area contributed by atoms with Gasteiger partial charge >= 0.3 is 0 Å². The Morgan fingerprint density at radius 1 is 0.821 bits per heavy atom. The molecule has 0 atom stereocenters. The fourth-order valence-electron chi connectivity index (χ4n) is 2.55. The van der Waals surface area contributed by atoms with Crippen molar-refractivity contribution < 1.29 is 19.1 Å². The molecule has 0 aliphatic rings. The number of hydrogen-bond acceptors (Lipinski definition) is 4. The first-order chi connectivity index (χ1) is 13.5. The lowest BCUT2D eigenvalue weighted by molar-refractivity contribution is -0.121. The highest BCUT2D eigenvalue weighted by Gasteiger charge is 2.09. The van der Waals surface area contributed by atoms with Gasteiger partial charge in [-0.3, -0.25) is 14.4 Å². The lowest BCUT2D eigenvalue weighted by Crippen LogP contribution is -2.34. The number of amides is 2. The SMILES string of the molecule is CCOc1ccc(C(=O)NCCNC(=O)CCC(=O)c2ccc(C)cc2)cc1. The first-order valence-electron chi connectivity index (χ1n) is 9.37. The molecule has 0 unspecified atom stereocenters. The largest absolute Gasteiger partial charge is 0.494 e. The van der Waals surface area contributed by atoms with Crippen LogP contribution in [0.1, 0.15) is 46.0 Å². The van der Waals surface area contributed by atoms with Crippen LogP contribution in [-0.4, -0.2) is 37.3 Å². The van der Waals surface area contributed by atoms with Crippen LogP contribution in [0, 0.1) is 6.92 Å². The van der Waals surface area contributed by atoms with E-state index in [1.807, 2.05) is 26.0 Å². The number of aryl methyl sites for hydroxylation is 1. The molecule has 2 aromatic rings. The highest BCUT2D eigenvalue weighted by molar-refractivity contribution is 5.98. The topological polar surface area (TPSA) is 84.5 Å². The molecule has 0 bridgehead atoms. The zero-order valence-corrected chi connectivity index (χ0v) is 16.3. The zero-order valence-electron chi connectivity index (χ0n) is 16.3. The van der Waals surface area contributed by atoms with Crippen molar-refractivity contribution in [1.82, 2.24) is 10.6 Å². The van der Waals surface area contributed by atoms with Gasteiger partial charge in [0.05, 0.1) is 6.61 Å². The Balaban J connectivity index is 1.64. The molecule has 2 amide bonds. The number of Topliss-reactive ketones (excluding diaryl/α,β-unsaturated/α-hetero) is 1. The molecule has 0 spiro atoms. The van der Waals surface area contributed by atoms with Gasteiger partial charge in [0.2, 0.25) is 5.91 Å². The minimum Gasteiger partial charge on any atom is -0.494 e. The lowest BCUT2D eigenvalue weighted by Gasteiger charge is -2.08. The van der Waals surface area contributed by atoms with Crippen molar-refractivity contribution in [2.24, 2.45) is 0 Å². The third-order valence-corrected chi connectivity index (χ3v) is 4.11. The summed E-state index contributed by atoms with van der Waals surface area (Å²) in [4.78, 5) is 36.0. The van der Waals surface area contributed by atoms with Gasteiger partial charge in [-0.15, -0.1) is 0 Å². The normalized spacial score (nSPS) is 10.2. The van der Waals surface area contributed by atoms with Gasteiger partial charge in [0, 0.05) is 37.1 Å². The molecule has 6 heteroatoms. The molecule has 0 saturated heterocycles. The van der Waals surface area contributed by atoms with Crippen LogP contribution in [0.25, 0.3) is 0 Å². The first-order valence-corrected chi connectivity index (χ1v) is 9.37. The zero-order chi connectivity index (χ0) is 20.4. The summed E-state index contributed by atoms with van der Waals surface area (Å²) in [5.74, 6) is 0.230. The molecule has 0 radical (unpaired) electrons. The molecule has 0 fully saturated rings. The van der Waals surface area contributed by atoms with E-state index in [0.717, 1.165) is 5.56 Å². The van der Waals surface area contributed by atoms with E-state index >= 15 is 0 Å². The van der Waals surface area contributed by atoms with Crippen LogP contribution < -0.4 is 15.4 Å². The molecule has 0 aliphatic heterocycles. The van der Waals surface area contributed by atoms with Crippen LogP contribution >= 0.6 is 0 Å². The smallest absolute Gasteiger partial charge is 0.251 e. The quantitative estimate of drug-likeness (QED) is 0.489. The molecular formula is C22H26N2O4. The highest BCUT2D eigenvalue weighted by Crippen LogP contribution is 2.12. The van der Waals surface area contributed by atoms with Crippen molar-refractivity contribution in [2.75, 3.05) is 19.7 Å². The van der Waals surface area contributed by atoms with Crippen molar-refractivity contribution in [1.29, 1.82) is 0 Å². The van der Waals surface area contributed by atoms with E-state index < -0.39 is 0 Å². The summed E-state index contributed by atoms with van der Waals surface area (Å²) >= 11 is 0. The number of ketones is 1. The van der Waals surface area contributed by atoms with Crippen LogP contribution in [0.2, 0.25) is 0 Å². The van der Waals surface area contributed by atoms with Crippen LogP contribution in [0.5, 0.6) is 5.75 Å². The predicted octanol–water partition coefficient (Wildman–Crippen LogP) is 2.90. The van der Waals surface area contributed by atoms with Crippen molar-refractivity contribution in [3.8, 4) is 5.75 Å². The third kappa shape index (κ3) is 6.87. The van der Waals surface area contributed by atoms with Gasteiger partial charge in [-0.25, -0.2) is 0 Å². The Labute approximate surface area is 165 Å². The van der Waals surface area contributed by atoms with E-state index in [0.29, 0.717) is 36.6 Å². The van der Waals surface area contributed by atoms with Gasteiger partial charge in [0.1, 0.15) is 5.75 Å². The average Bonchev–Trinajstić information content (AvgIpc) is 2.70. The minimum atomic E-state index is -0.216. The lowest BCUT2D eigenvalue weighted by atomic mass is 10.1. The van der Waals surface area contributed by atoms with E-state index in [9.17, 15) is 14.4 Å². The summed E-state index contributed by atoms with van der Waals surface area (Å²) in [5.41, 5.74) is 2.22. The van der Waals surface area contributed by atoms with Crippen LogP contribution in [0.4, 0.5) is 0 Å². The molecule has 0 aliphatic carbocycles. The predicted molar refractivity (Wildman–Crippen MR) is 108 cm³/mol. The minimum absolute atomic E-state index is 0.0565. The molecule has 0 saturated carbocycles. The summed E-state index contributed by atoms with van der Waals surface area (Å²) in [5, 5.41) is 5.45. The second-order valence-electron chi connectivity index (χ2n) is 6.35. The Kier molecular flexibility index (Phi) is 8.21. The molecule has 2 aromatic carbocycles. The van der Waals surface area contributed by atoms with Gasteiger partial charge in [-0.1, -0.05) is 29.8 Å². The molecule has 148 valence electrons. The summed E-state index contributed by atoms with van der Waals surface area (Å²) in [7, 11) is 0. The maximum absolute atomic E-state index is 12.1. The maximum atomic E-state index is 12.1. The fourth-order valence-corrected chi connectivity index (χ4v) is 2.55. The number of nitrogens with one attached hydrogen (secondary N) is 2. The highest BCUT2D eigenvalue weighted by atomic mass is 16.5. The molecule has 0 heterocycles. The number of rotatable bonds is 10. The summed E-state index contributed by atoms with van der Waals surface area (Å²) < 4.78 is 5.34. The second-order valence-corrected chi connectivity index (χ2v) is 6.35. The maximum Gasteiger partial charge on any atom is 0.251 e. The Morgan fingerprint density at radius 2 is 1.43 bits per heavy atom. The van der Waals surface area contributed by atoms with Crippen molar-refractivity contribution in [3.05, 3.63) is 65.2 Å². The van der Waals surface area contributed by atoms with Gasteiger partial charge in [0.15, 0.2) is 5.78 Å². The van der Waals surface area contributed by atoms with Crippen molar-refractivity contribution in [3.63, 3.8) is 0 Å². The summed E-state index contributed by atoms with van der Waals surface area (Å²) in [6, 6.07) is 14.2. The fraction of sp³-hybridized carbons (Fsp3) is 0.318. The van der Waals surface area contributed by atoms with E-state index in [1.54, 1.807) is 36.4 Å². The van der Waals surface area contributed by atoms with Crippen molar-refractivity contribution in [2.45, 2.75) is 26.7 Å². The molecule has 6 nitrogen and oxygen atoms in total. The summed E-state index contributed by atoms with van der Waals surface area (Å²) in [6.07, 6.45) is 0.285. The average molecular weight is 382 g/mol. The Bertz CT molecular complexity index is 798. The van der Waals surface area contributed by atoms with Gasteiger partial charge in [-0.05, 0) is 38.1 Å². The van der Waals surface area contributed by atoms with E-state index in [1.165, 1.54) is 0 Å². The molecule has 2 rings (SSSR count). The first kappa shape index (κ1) is 21.2. The van der Waals surface area contributed by atoms with Crippen LogP contribution in [0.3, 0.4) is 0 Å². The summed E-state index contributed by atoms with van der Waals surface area (Å²) in [6.45, 7) is 5.04. The number of carbonyl (C=O) groups excluding carboxylic acids is 3. The van der Waals surface area contributed by atoms with Crippen LogP contribution in [0.15, 0.2) is 48.5 Å². The van der Waals surface area contributed by atoms with E-state index in [4.69, 9.17) is 4.74 Å². The number of carbonyl (C=O) groups is 3. The Morgan fingerprint density at radius 3 is 2.07 bits per heavy atom. The third-order valence-electron chi connectivity index (χ3n) is 4.11. The van der Waals surface area contributed by atoms with Gasteiger partial charge < -0.3 is 15.4 Å². The molecule has 28 heavy (non-hydrogen) atoms. The van der Waals surface area contributed by atoms with Gasteiger partial charge in [0.25, 0.3) is 5.91 Å². The van der Waals surface area contributed by atoms with E-state index in [-0.39, 0.29) is 30.4 Å². The second kappa shape index (κ2) is 10.9. The number of ether oxygens (including phenoxy) is 1. The van der Waals surface area contributed by atoms with Crippen LogP contribution in [-0.2, 0) is 4.79 Å². The Hall–Kier alpha value is -3.15. The monoisotopic (exact) mass is 382 g/mol. The standard InChI is InChI=1S/C22H26N2O4/c1-3-28-19-10-8-18(9-11-19)22(27)24-15-14-23-21(26)13-12-20(25)17-6-4-16(2)5-7-17/h4-11H,3,12-15H2,1-2H3,(H,23,26)(H,24,27). The molecular weight excluding hydrogens is 356 g/mol. The van der Waals surface area contributed by atoms with Gasteiger partial charge in [-0.2, -0.15) is 0 Å². The molecule has 0 aromatic heterocycles. The number of hydrogen-bond donors (Lipinski definition) is 2. The van der Waals surface area contributed by atoms with Crippen molar-refractivity contribution >= 4 is 17.6 Å². The molecule has 2 N–H and O–H groups in total. The van der Waals surface area contributed by atoms with E-state index in [2.05, 4.69) is 10.6 Å².